The predicted molar refractivity (Wildman–Crippen MR) is 129 cm³/mol. The highest BCUT2D eigenvalue weighted by Crippen LogP contribution is 2.27. The zero-order chi connectivity index (χ0) is 22.3. The lowest BCUT2D eigenvalue weighted by molar-refractivity contribution is -0.134. The number of nitrogens with one attached hydrogen (secondary N) is 2. The largest absolute Gasteiger partial charge is 0.399 e. The minimum absolute atomic E-state index is 0.521. The Bertz CT molecular complexity index is 1190. The zero-order valence-electron chi connectivity index (χ0n) is 17.2. The highest BCUT2D eigenvalue weighted by Gasteiger charge is 2.25. The van der Waals surface area contributed by atoms with E-state index in [-0.39, 0.29) is 0 Å². The third-order valence-electron chi connectivity index (χ3n) is 4.77. The molecule has 0 saturated carbocycles. The molecule has 0 spiro atoms. The Balaban J connectivity index is 1.50. The second kappa shape index (κ2) is 9.49. The van der Waals surface area contributed by atoms with Crippen molar-refractivity contribution in [2.24, 2.45) is 0 Å². The second-order valence-electron chi connectivity index (χ2n) is 7.09. The molecule has 2 amide bonds. The van der Waals surface area contributed by atoms with Gasteiger partial charge < -0.3 is 16.4 Å². The molecule has 32 heavy (non-hydrogen) atoms. The van der Waals surface area contributed by atoms with Crippen LogP contribution in [0.3, 0.4) is 0 Å². The normalized spacial score (nSPS) is 10.2. The fraction of sp³-hybridized carbons (Fsp3) is 0. The van der Waals surface area contributed by atoms with Gasteiger partial charge in [-0.1, -0.05) is 36.4 Å². The Morgan fingerprint density at radius 3 is 1.72 bits per heavy atom. The SMILES string of the molecule is Nc1ccc(N(C(=O)C(=O)Nc2ccc(Nc3ccccc3)cc2)c2ccccc2)cc1. The number of nitrogens with zero attached hydrogens (tertiary/aromatic N) is 1. The van der Waals surface area contributed by atoms with Gasteiger partial charge in [0, 0.05) is 34.1 Å². The lowest BCUT2D eigenvalue weighted by atomic mass is 10.2. The summed E-state index contributed by atoms with van der Waals surface area (Å²) in [4.78, 5) is 27.3. The number of carbonyl (C=O) groups is 2. The van der Waals surface area contributed by atoms with Gasteiger partial charge >= 0.3 is 11.8 Å². The molecule has 0 bridgehead atoms. The number of hydrogen-bond acceptors (Lipinski definition) is 4. The number of carbonyl (C=O) groups excluding carboxylic acids is 2. The number of hydrogen-bond donors (Lipinski definition) is 3. The van der Waals surface area contributed by atoms with E-state index in [1.165, 1.54) is 4.90 Å². The van der Waals surface area contributed by atoms with Crippen molar-refractivity contribution in [3.05, 3.63) is 109 Å². The Morgan fingerprint density at radius 1 is 0.594 bits per heavy atom. The average molecular weight is 422 g/mol. The van der Waals surface area contributed by atoms with Gasteiger partial charge in [-0.15, -0.1) is 0 Å². The van der Waals surface area contributed by atoms with Crippen LogP contribution >= 0.6 is 0 Å². The maximum Gasteiger partial charge on any atom is 0.321 e. The Kier molecular flexibility index (Phi) is 6.13. The molecule has 0 heterocycles. The summed E-state index contributed by atoms with van der Waals surface area (Å²) in [6, 6.07) is 32.7. The number of anilines is 6. The zero-order valence-corrected chi connectivity index (χ0v) is 17.2. The first kappa shape index (κ1) is 20.7. The molecule has 4 aromatic carbocycles. The summed E-state index contributed by atoms with van der Waals surface area (Å²) in [7, 11) is 0. The molecule has 158 valence electrons. The van der Waals surface area contributed by atoms with Crippen LogP contribution in [0.4, 0.5) is 34.1 Å². The van der Waals surface area contributed by atoms with E-state index in [4.69, 9.17) is 5.73 Å². The molecule has 6 nitrogen and oxygen atoms in total. The van der Waals surface area contributed by atoms with E-state index in [9.17, 15) is 9.59 Å². The van der Waals surface area contributed by atoms with Crippen LogP contribution in [0.15, 0.2) is 109 Å². The van der Waals surface area contributed by atoms with Gasteiger partial charge in [0.2, 0.25) is 0 Å². The third-order valence-corrected chi connectivity index (χ3v) is 4.77. The summed E-state index contributed by atoms with van der Waals surface area (Å²) in [6.07, 6.45) is 0. The summed E-state index contributed by atoms with van der Waals surface area (Å²) in [5.74, 6) is -1.44. The standard InChI is InChI=1S/C26H22N4O2/c27-19-11-17-24(18-12-19)30(23-9-5-2-6-10-23)26(32)25(31)29-22-15-13-21(14-16-22)28-20-7-3-1-4-8-20/h1-18,28H,27H2,(H,29,31). The van der Waals surface area contributed by atoms with Gasteiger partial charge in [0.25, 0.3) is 0 Å². The number of nitrogen functional groups attached to an aromatic ring is 1. The molecule has 6 heteroatoms. The van der Waals surface area contributed by atoms with Gasteiger partial charge in [0.05, 0.1) is 0 Å². The van der Waals surface area contributed by atoms with Crippen LogP contribution in [0.2, 0.25) is 0 Å². The Morgan fingerprint density at radius 2 is 1.09 bits per heavy atom. The van der Waals surface area contributed by atoms with Crippen molar-refractivity contribution in [2.45, 2.75) is 0 Å². The van der Waals surface area contributed by atoms with Crippen LogP contribution in [0.25, 0.3) is 0 Å². The quantitative estimate of drug-likeness (QED) is 0.300. The van der Waals surface area contributed by atoms with Gasteiger partial charge in [0.15, 0.2) is 0 Å². The van der Waals surface area contributed by atoms with Crippen molar-refractivity contribution in [2.75, 3.05) is 21.3 Å². The molecule has 4 N–H and O–H groups in total. The molecule has 0 aliphatic heterocycles. The molecule has 0 unspecified atom stereocenters. The molecule has 0 aromatic heterocycles. The maximum absolute atomic E-state index is 13.1. The number of para-hydroxylation sites is 2. The van der Waals surface area contributed by atoms with E-state index in [0.717, 1.165) is 11.4 Å². The van der Waals surface area contributed by atoms with E-state index in [2.05, 4.69) is 10.6 Å². The molecule has 4 rings (SSSR count). The third kappa shape index (κ3) is 4.94. The molecule has 0 aliphatic carbocycles. The van der Waals surface area contributed by atoms with Crippen molar-refractivity contribution < 1.29 is 9.59 Å². The first-order valence-electron chi connectivity index (χ1n) is 10.1. The summed E-state index contributed by atoms with van der Waals surface area (Å²) in [5, 5.41) is 5.96. The number of amides is 2. The molecule has 0 saturated heterocycles. The Hall–Kier alpha value is -4.58. The van der Waals surface area contributed by atoms with E-state index >= 15 is 0 Å². The van der Waals surface area contributed by atoms with E-state index in [1.807, 2.05) is 60.7 Å². The summed E-state index contributed by atoms with van der Waals surface area (Å²) in [6.45, 7) is 0. The van der Waals surface area contributed by atoms with Gasteiger partial charge in [-0.05, 0) is 72.8 Å². The van der Waals surface area contributed by atoms with Crippen molar-refractivity contribution >= 4 is 45.9 Å². The fourth-order valence-corrected chi connectivity index (χ4v) is 3.20. The predicted octanol–water partition coefficient (Wildman–Crippen LogP) is 5.32. The molecule has 0 aliphatic rings. The highest BCUT2D eigenvalue weighted by molar-refractivity contribution is 6.45. The summed E-state index contributed by atoms with van der Waals surface area (Å²) >= 11 is 0. The summed E-state index contributed by atoms with van der Waals surface area (Å²) in [5.41, 5.74) is 9.83. The average Bonchev–Trinajstić information content (AvgIpc) is 2.83. The molecular formula is C26H22N4O2. The maximum atomic E-state index is 13.1. The van der Waals surface area contributed by atoms with Crippen molar-refractivity contribution in [1.29, 1.82) is 0 Å². The van der Waals surface area contributed by atoms with Crippen molar-refractivity contribution in [1.82, 2.24) is 0 Å². The van der Waals surface area contributed by atoms with Gasteiger partial charge in [0.1, 0.15) is 0 Å². The van der Waals surface area contributed by atoms with Crippen molar-refractivity contribution in [3.63, 3.8) is 0 Å². The van der Waals surface area contributed by atoms with Gasteiger partial charge in [-0.2, -0.15) is 0 Å². The minimum Gasteiger partial charge on any atom is -0.399 e. The van der Waals surface area contributed by atoms with E-state index < -0.39 is 11.8 Å². The second-order valence-corrected chi connectivity index (χ2v) is 7.09. The van der Waals surface area contributed by atoms with E-state index in [0.29, 0.717) is 22.7 Å². The first-order chi connectivity index (χ1) is 15.6. The molecule has 0 atom stereocenters. The van der Waals surface area contributed by atoms with Crippen LogP contribution in [0, 0.1) is 0 Å². The van der Waals surface area contributed by atoms with Gasteiger partial charge in [-0.3, -0.25) is 14.5 Å². The first-order valence-corrected chi connectivity index (χ1v) is 10.1. The highest BCUT2D eigenvalue weighted by atomic mass is 16.2. The lowest BCUT2D eigenvalue weighted by Gasteiger charge is -2.22. The number of nitrogens with two attached hydrogens (primary N) is 1. The molecule has 0 fully saturated rings. The Labute approximate surface area is 186 Å². The molecule has 4 aromatic rings. The van der Waals surface area contributed by atoms with Crippen molar-refractivity contribution in [3.8, 4) is 0 Å². The smallest absolute Gasteiger partial charge is 0.321 e. The fourth-order valence-electron chi connectivity index (χ4n) is 3.20. The molecular weight excluding hydrogens is 400 g/mol. The topological polar surface area (TPSA) is 87.5 Å². The van der Waals surface area contributed by atoms with Crippen LogP contribution in [-0.2, 0) is 9.59 Å². The monoisotopic (exact) mass is 422 g/mol. The van der Waals surface area contributed by atoms with Crippen LogP contribution in [0.1, 0.15) is 0 Å². The summed E-state index contributed by atoms with van der Waals surface area (Å²) < 4.78 is 0. The van der Waals surface area contributed by atoms with E-state index in [1.54, 1.807) is 48.5 Å². The molecule has 0 radical (unpaired) electrons. The van der Waals surface area contributed by atoms with Gasteiger partial charge in [-0.25, -0.2) is 0 Å². The lowest BCUT2D eigenvalue weighted by Crippen LogP contribution is -2.36. The van der Waals surface area contributed by atoms with Crippen LogP contribution in [-0.4, -0.2) is 11.8 Å². The number of benzene rings is 4. The minimum atomic E-state index is -0.741. The van der Waals surface area contributed by atoms with Crippen LogP contribution < -0.4 is 21.3 Å². The van der Waals surface area contributed by atoms with Crippen LogP contribution in [0.5, 0.6) is 0 Å². The number of rotatable bonds is 5.